The van der Waals surface area contributed by atoms with Crippen LogP contribution in [0.15, 0.2) is 64.8 Å². The smallest absolute Gasteiger partial charge is 0.322 e. The molecule has 0 spiro atoms. The second-order valence-corrected chi connectivity index (χ2v) is 6.69. The van der Waals surface area contributed by atoms with Gasteiger partial charge in [-0.1, -0.05) is 35.5 Å². The number of urea groups is 1. The zero-order valence-electron chi connectivity index (χ0n) is 16.5. The molecule has 0 radical (unpaired) electrons. The molecule has 0 saturated heterocycles. The van der Waals surface area contributed by atoms with Gasteiger partial charge in [-0.05, 0) is 43.7 Å². The summed E-state index contributed by atoms with van der Waals surface area (Å²) in [4.78, 5) is 18.9. The van der Waals surface area contributed by atoms with Gasteiger partial charge in [0.25, 0.3) is 5.89 Å². The zero-order chi connectivity index (χ0) is 20.4. The summed E-state index contributed by atoms with van der Waals surface area (Å²) < 4.78 is 10.8. The highest BCUT2D eigenvalue weighted by molar-refractivity contribution is 5.86. The maximum Gasteiger partial charge on any atom is 0.322 e. The summed E-state index contributed by atoms with van der Waals surface area (Å²) in [6, 6.07) is 16.7. The number of ether oxygens (including phenoxy) is 1. The number of nitrogens with one attached hydrogen (secondary N) is 1. The molecule has 1 aliphatic heterocycles. The largest absolute Gasteiger partial charge is 0.497 e. The number of nitrogens with zero attached hydrogens (tertiary/aromatic N) is 3. The van der Waals surface area contributed by atoms with Crippen LogP contribution in [0.1, 0.15) is 31.3 Å². The van der Waals surface area contributed by atoms with E-state index in [0.29, 0.717) is 18.3 Å². The lowest BCUT2D eigenvalue weighted by atomic mass is 9.95. The van der Waals surface area contributed by atoms with E-state index < -0.39 is 0 Å². The van der Waals surface area contributed by atoms with Gasteiger partial charge in [0.2, 0.25) is 5.82 Å². The van der Waals surface area contributed by atoms with Crippen molar-refractivity contribution in [1.29, 1.82) is 0 Å². The molecule has 1 aromatic heterocycles. The van der Waals surface area contributed by atoms with Crippen molar-refractivity contribution in [2.75, 3.05) is 13.7 Å². The lowest BCUT2D eigenvalue weighted by Crippen LogP contribution is -2.45. The molecule has 29 heavy (non-hydrogen) atoms. The topological polar surface area (TPSA) is 80.5 Å². The van der Waals surface area contributed by atoms with Crippen LogP contribution in [0.2, 0.25) is 0 Å². The molecule has 1 N–H and O–H groups in total. The van der Waals surface area contributed by atoms with E-state index in [1.54, 1.807) is 12.0 Å². The van der Waals surface area contributed by atoms with E-state index in [1.807, 2.05) is 68.4 Å². The molecule has 2 amide bonds. The Kier molecular flexibility index (Phi) is 5.03. The van der Waals surface area contributed by atoms with E-state index in [0.717, 1.165) is 28.1 Å². The summed E-state index contributed by atoms with van der Waals surface area (Å²) in [5.41, 5.74) is 3.37. The Labute approximate surface area is 169 Å². The van der Waals surface area contributed by atoms with Gasteiger partial charge in [-0.3, -0.25) is 4.90 Å². The third kappa shape index (κ3) is 3.47. The van der Waals surface area contributed by atoms with Gasteiger partial charge in [-0.25, -0.2) is 4.79 Å². The minimum absolute atomic E-state index is 0.141. The summed E-state index contributed by atoms with van der Waals surface area (Å²) in [7, 11) is 1.62. The molecular formula is C22H22N4O3. The predicted octanol–water partition coefficient (Wildman–Crippen LogP) is 4.26. The van der Waals surface area contributed by atoms with Gasteiger partial charge in [-0.15, -0.1) is 0 Å². The number of carbonyl (C=O) groups excluding carboxylic acids is 1. The fourth-order valence-electron chi connectivity index (χ4n) is 3.52. The van der Waals surface area contributed by atoms with Gasteiger partial charge in [0.1, 0.15) is 5.75 Å². The second-order valence-electron chi connectivity index (χ2n) is 6.69. The monoisotopic (exact) mass is 390 g/mol. The van der Waals surface area contributed by atoms with E-state index in [9.17, 15) is 4.79 Å². The quantitative estimate of drug-likeness (QED) is 0.704. The lowest BCUT2D eigenvalue weighted by molar-refractivity contribution is 0.207. The van der Waals surface area contributed by atoms with E-state index in [-0.39, 0.29) is 12.1 Å². The number of hydrogen-bond acceptors (Lipinski definition) is 5. The van der Waals surface area contributed by atoms with Crippen molar-refractivity contribution in [2.45, 2.75) is 19.9 Å². The molecular weight excluding hydrogens is 368 g/mol. The van der Waals surface area contributed by atoms with Crippen LogP contribution >= 0.6 is 0 Å². The number of amides is 2. The van der Waals surface area contributed by atoms with E-state index in [2.05, 4.69) is 15.5 Å². The first kappa shape index (κ1) is 18.7. The summed E-state index contributed by atoms with van der Waals surface area (Å²) in [6.45, 7) is 4.38. The maximum absolute atomic E-state index is 12.6. The number of hydrogen-bond donors (Lipinski definition) is 1. The molecule has 7 nitrogen and oxygen atoms in total. The molecule has 0 fully saturated rings. The minimum Gasteiger partial charge on any atom is -0.497 e. The van der Waals surface area contributed by atoms with Crippen LogP contribution in [-0.2, 0) is 0 Å². The number of rotatable bonds is 5. The molecule has 7 heteroatoms. The molecule has 2 aromatic carbocycles. The average Bonchev–Trinajstić information content (AvgIpc) is 3.24. The molecule has 1 unspecified atom stereocenters. The molecule has 4 rings (SSSR count). The molecule has 148 valence electrons. The van der Waals surface area contributed by atoms with Crippen LogP contribution in [0, 0.1) is 0 Å². The van der Waals surface area contributed by atoms with Crippen molar-refractivity contribution in [1.82, 2.24) is 20.4 Å². The van der Waals surface area contributed by atoms with Crippen LogP contribution in [-0.4, -0.2) is 34.7 Å². The number of methoxy groups -OCH3 is 1. The molecule has 0 saturated carbocycles. The third-order valence-electron chi connectivity index (χ3n) is 5.05. The normalized spacial score (nSPS) is 16.7. The van der Waals surface area contributed by atoms with Gasteiger partial charge >= 0.3 is 6.03 Å². The molecule has 2 heterocycles. The van der Waals surface area contributed by atoms with Crippen molar-refractivity contribution >= 4 is 11.6 Å². The van der Waals surface area contributed by atoms with Crippen molar-refractivity contribution in [2.24, 2.45) is 0 Å². The SMILES string of the molecule is CCN1C(=O)NC(c2ccccc2)C(c2nc(-c3ccc(OC)cc3)no2)=C1C. The zero-order valence-corrected chi connectivity index (χ0v) is 16.5. The Morgan fingerprint density at radius 2 is 1.86 bits per heavy atom. The van der Waals surface area contributed by atoms with Gasteiger partial charge < -0.3 is 14.6 Å². The Bertz CT molecular complexity index is 1040. The van der Waals surface area contributed by atoms with Crippen molar-refractivity contribution in [3.8, 4) is 17.1 Å². The molecule has 3 aromatic rings. The molecule has 1 aliphatic rings. The van der Waals surface area contributed by atoms with Crippen LogP contribution in [0.4, 0.5) is 4.79 Å². The standard InChI is InChI=1S/C22H22N4O3/c1-4-26-14(2)18(19(23-22(26)27)15-8-6-5-7-9-15)21-24-20(25-29-21)16-10-12-17(28-3)13-11-16/h5-13,19H,4H2,1-3H3,(H,23,27). The van der Waals surface area contributed by atoms with Crippen molar-refractivity contribution in [3.63, 3.8) is 0 Å². The number of carbonyl (C=O) groups is 1. The minimum atomic E-state index is -0.365. The van der Waals surface area contributed by atoms with Crippen LogP contribution < -0.4 is 10.1 Å². The Hall–Kier alpha value is -3.61. The fraction of sp³-hybridized carbons (Fsp3) is 0.227. The first-order valence-corrected chi connectivity index (χ1v) is 9.44. The van der Waals surface area contributed by atoms with Crippen molar-refractivity contribution < 1.29 is 14.1 Å². The van der Waals surface area contributed by atoms with Crippen LogP contribution in [0.25, 0.3) is 17.0 Å². The summed E-state index contributed by atoms with van der Waals surface area (Å²) in [5, 5.41) is 7.22. The molecule has 1 atom stereocenters. The van der Waals surface area contributed by atoms with Gasteiger partial charge in [-0.2, -0.15) is 4.98 Å². The number of allylic oxidation sites excluding steroid dienone is 1. The molecule has 0 aliphatic carbocycles. The second kappa shape index (κ2) is 7.79. The predicted molar refractivity (Wildman–Crippen MR) is 109 cm³/mol. The summed E-state index contributed by atoms with van der Waals surface area (Å²) in [5.74, 6) is 1.63. The highest BCUT2D eigenvalue weighted by Gasteiger charge is 2.35. The average molecular weight is 390 g/mol. The maximum atomic E-state index is 12.6. The fourth-order valence-corrected chi connectivity index (χ4v) is 3.52. The highest BCUT2D eigenvalue weighted by Crippen LogP contribution is 2.37. The lowest BCUT2D eigenvalue weighted by Gasteiger charge is -2.34. The highest BCUT2D eigenvalue weighted by atomic mass is 16.5. The Morgan fingerprint density at radius 1 is 1.14 bits per heavy atom. The Balaban J connectivity index is 1.78. The summed E-state index contributed by atoms with van der Waals surface area (Å²) in [6.07, 6.45) is 0. The number of benzene rings is 2. The van der Waals surface area contributed by atoms with E-state index in [1.165, 1.54) is 0 Å². The molecule has 0 bridgehead atoms. The van der Waals surface area contributed by atoms with Gasteiger partial charge in [0, 0.05) is 17.8 Å². The summed E-state index contributed by atoms with van der Waals surface area (Å²) >= 11 is 0. The van der Waals surface area contributed by atoms with Crippen molar-refractivity contribution in [3.05, 3.63) is 71.7 Å². The van der Waals surface area contributed by atoms with Crippen LogP contribution in [0.5, 0.6) is 5.75 Å². The Morgan fingerprint density at radius 3 is 2.52 bits per heavy atom. The van der Waals surface area contributed by atoms with E-state index >= 15 is 0 Å². The third-order valence-corrected chi connectivity index (χ3v) is 5.05. The van der Waals surface area contributed by atoms with Gasteiger partial charge in [0.05, 0.1) is 18.7 Å². The number of aromatic nitrogens is 2. The van der Waals surface area contributed by atoms with Gasteiger partial charge in [0.15, 0.2) is 0 Å². The first-order valence-electron chi connectivity index (χ1n) is 9.44. The first-order chi connectivity index (χ1) is 14.1. The van der Waals surface area contributed by atoms with Crippen LogP contribution in [0.3, 0.4) is 0 Å². The van der Waals surface area contributed by atoms with E-state index in [4.69, 9.17) is 9.26 Å².